The highest BCUT2D eigenvalue weighted by molar-refractivity contribution is 5.87. The summed E-state index contributed by atoms with van der Waals surface area (Å²) < 4.78 is 0. The zero-order chi connectivity index (χ0) is 13.1. The van der Waals surface area contributed by atoms with E-state index >= 15 is 0 Å². The molecule has 0 heterocycles. The molecule has 0 radical (unpaired) electrons. The molecule has 94 valence electrons. The standard InChI is InChI=1S/C15H18N2O/c1-16(2)15(18)11-17(3)14-9-8-12-6-4-5-7-13(12)10-14/h4-10H,11H2,1-3H3. The van der Waals surface area contributed by atoms with Crippen LogP contribution in [0.15, 0.2) is 42.5 Å². The first kappa shape index (κ1) is 12.4. The van der Waals surface area contributed by atoms with Gasteiger partial charge in [-0.3, -0.25) is 4.79 Å². The van der Waals surface area contributed by atoms with Crippen LogP contribution in [-0.4, -0.2) is 38.5 Å². The Bertz CT molecular complexity index is 563. The van der Waals surface area contributed by atoms with Crippen LogP contribution in [0.4, 0.5) is 5.69 Å². The number of carbonyl (C=O) groups is 1. The average Bonchev–Trinajstić information content (AvgIpc) is 2.37. The van der Waals surface area contributed by atoms with Crippen LogP contribution < -0.4 is 4.90 Å². The van der Waals surface area contributed by atoms with E-state index in [1.165, 1.54) is 10.8 Å². The lowest BCUT2D eigenvalue weighted by Gasteiger charge is -2.21. The maximum atomic E-state index is 11.7. The van der Waals surface area contributed by atoms with E-state index in [9.17, 15) is 4.79 Å². The molecule has 3 heteroatoms. The molecular weight excluding hydrogens is 224 g/mol. The van der Waals surface area contributed by atoms with Crippen molar-refractivity contribution in [2.45, 2.75) is 0 Å². The van der Waals surface area contributed by atoms with Crippen molar-refractivity contribution in [2.75, 3.05) is 32.6 Å². The zero-order valence-electron chi connectivity index (χ0n) is 11.1. The largest absolute Gasteiger partial charge is 0.365 e. The second-order valence-electron chi connectivity index (χ2n) is 4.68. The van der Waals surface area contributed by atoms with Crippen molar-refractivity contribution in [2.24, 2.45) is 0 Å². The second kappa shape index (κ2) is 5.08. The Morgan fingerprint density at radius 3 is 2.33 bits per heavy atom. The van der Waals surface area contributed by atoms with Gasteiger partial charge in [-0.05, 0) is 22.9 Å². The fourth-order valence-electron chi connectivity index (χ4n) is 1.85. The van der Waals surface area contributed by atoms with E-state index in [1.54, 1.807) is 19.0 Å². The zero-order valence-corrected chi connectivity index (χ0v) is 11.1. The third-order valence-corrected chi connectivity index (χ3v) is 3.05. The van der Waals surface area contributed by atoms with Crippen LogP contribution in [0.25, 0.3) is 10.8 Å². The van der Waals surface area contributed by atoms with Gasteiger partial charge in [-0.15, -0.1) is 0 Å². The third-order valence-electron chi connectivity index (χ3n) is 3.05. The van der Waals surface area contributed by atoms with Gasteiger partial charge < -0.3 is 9.80 Å². The highest BCUT2D eigenvalue weighted by atomic mass is 16.2. The van der Waals surface area contributed by atoms with Crippen molar-refractivity contribution in [3.05, 3.63) is 42.5 Å². The van der Waals surface area contributed by atoms with Gasteiger partial charge in [0.05, 0.1) is 6.54 Å². The molecule has 1 amide bonds. The molecule has 0 saturated carbocycles. The summed E-state index contributed by atoms with van der Waals surface area (Å²) in [7, 11) is 5.48. The van der Waals surface area contributed by atoms with Gasteiger partial charge in [0.15, 0.2) is 0 Å². The van der Waals surface area contributed by atoms with Gasteiger partial charge in [0.1, 0.15) is 0 Å². The lowest BCUT2D eigenvalue weighted by atomic mass is 10.1. The number of carbonyl (C=O) groups excluding carboxylic acids is 1. The number of anilines is 1. The minimum Gasteiger partial charge on any atom is -0.365 e. The van der Waals surface area contributed by atoms with E-state index < -0.39 is 0 Å². The maximum Gasteiger partial charge on any atom is 0.241 e. The molecule has 0 unspecified atom stereocenters. The van der Waals surface area contributed by atoms with E-state index in [2.05, 4.69) is 24.3 Å². The molecule has 0 aliphatic heterocycles. The van der Waals surface area contributed by atoms with Crippen LogP contribution in [0.2, 0.25) is 0 Å². The number of hydrogen-bond acceptors (Lipinski definition) is 2. The Kier molecular flexibility index (Phi) is 3.51. The molecule has 0 aromatic heterocycles. The molecule has 0 N–H and O–H groups in total. The lowest BCUT2D eigenvalue weighted by Crippen LogP contribution is -2.34. The molecule has 3 nitrogen and oxygen atoms in total. The normalized spacial score (nSPS) is 10.4. The van der Waals surface area contributed by atoms with Crippen LogP contribution in [0.3, 0.4) is 0 Å². The van der Waals surface area contributed by atoms with E-state index in [0.717, 1.165) is 5.69 Å². The Morgan fingerprint density at radius 1 is 1.00 bits per heavy atom. The van der Waals surface area contributed by atoms with Gasteiger partial charge in [0.25, 0.3) is 0 Å². The smallest absolute Gasteiger partial charge is 0.241 e. The molecule has 2 aromatic carbocycles. The second-order valence-corrected chi connectivity index (χ2v) is 4.68. The highest BCUT2D eigenvalue weighted by Crippen LogP contribution is 2.21. The van der Waals surface area contributed by atoms with Crippen molar-refractivity contribution < 1.29 is 4.79 Å². The molecule has 18 heavy (non-hydrogen) atoms. The first-order chi connectivity index (χ1) is 8.58. The SMILES string of the molecule is CN(C)C(=O)CN(C)c1ccc2ccccc2c1. The van der Waals surface area contributed by atoms with Gasteiger partial charge in [-0.1, -0.05) is 30.3 Å². The quantitative estimate of drug-likeness (QED) is 0.825. The number of amides is 1. The van der Waals surface area contributed by atoms with E-state index in [4.69, 9.17) is 0 Å². The monoisotopic (exact) mass is 242 g/mol. The molecular formula is C15H18N2O. The number of hydrogen-bond donors (Lipinski definition) is 0. The van der Waals surface area contributed by atoms with E-state index in [0.29, 0.717) is 6.54 Å². The van der Waals surface area contributed by atoms with Crippen molar-refractivity contribution in [3.63, 3.8) is 0 Å². The van der Waals surface area contributed by atoms with Gasteiger partial charge in [-0.25, -0.2) is 0 Å². The van der Waals surface area contributed by atoms with Crippen molar-refractivity contribution in [3.8, 4) is 0 Å². The van der Waals surface area contributed by atoms with E-state index in [-0.39, 0.29) is 5.91 Å². The van der Waals surface area contributed by atoms with Gasteiger partial charge in [0, 0.05) is 26.8 Å². The molecule has 0 atom stereocenters. The van der Waals surface area contributed by atoms with E-state index in [1.807, 2.05) is 30.1 Å². The molecule has 0 aliphatic rings. The van der Waals surface area contributed by atoms with Crippen LogP contribution in [0, 0.1) is 0 Å². The minimum atomic E-state index is 0.102. The highest BCUT2D eigenvalue weighted by Gasteiger charge is 2.09. The van der Waals surface area contributed by atoms with Crippen molar-refractivity contribution >= 4 is 22.4 Å². The van der Waals surface area contributed by atoms with Crippen LogP contribution >= 0.6 is 0 Å². The molecule has 0 bridgehead atoms. The Balaban J connectivity index is 2.22. The molecule has 0 fully saturated rings. The van der Waals surface area contributed by atoms with Gasteiger partial charge in [-0.2, -0.15) is 0 Å². The number of benzene rings is 2. The lowest BCUT2D eigenvalue weighted by molar-refractivity contribution is -0.127. The predicted molar refractivity (Wildman–Crippen MR) is 75.9 cm³/mol. The third kappa shape index (κ3) is 2.62. The Labute approximate surface area is 108 Å². The molecule has 0 aliphatic carbocycles. The predicted octanol–water partition coefficient (Wildman–Crippen LogP) is 2.36. The summed E-state index contributed by atoms with van der Waals surface area (Å²) >= 11 is 0. The van der Waals surface area contributed by atoms with Crippen LogP contribution in [-0.2, 0) is 4.79 Å². The summed E-state index contributed by atoms with van der Waals surface area (Å²) in [6.45, 7) is 0.394. The topological polar surface area (TPSA) is 23.6 Å². The number of rotatable bonds is 3. The number of fused-ring (bicyclic) bond motifs is 1. The Hall–Kier alpha value is -2.03. The summed E-state index contributed by atoms with van der Waals surface area (Å²) in [5.74, 6) is 0.102. The summed E-state index contributed by atoms with van der Waals surface area (Å²) in [5.41, 5.74) is 1.06. The van der Waals surface area contributed by atoms with Crippen molar-refractivity contribution in [1.29, 1.82) is 0 Å². The summed E-state index contributed by atoms with van der Waals surface area (Å²) in [4.78, 5) is 15.3. The first-order valence-corrected chi connectivity index (χ1v) is 5.98. The van der Waals surface area contributed by atoms with Crippen molar-refractivity contribution in [1.82, 2.24) is 4.90 Å². The minimum absolute atomic E-state index is 0.102. The number of likely N-dealkylation sites (N-methyl/N-ethyl adjacent to an activating group) is 2. The summed E-state index contributed by atoms with van der Waals surface area (Å²) in [6, 6.07) is 14.5. The number of nitrogens with zero attached hydrogens (tertiary/aromatic N) is 2. The fraction of sp³-hybridized carbons (Fsp3) is 0.267. The first-order valence-electron chi connectivity index (χ1n) is 5.98. The summed E-state index contributed by atoms with van der Waals surface area (Å²) in [6.07, 6.45) is 0. The molecule has 0 saturated heterocycles. The molecule has 2 rings (SSSR count). The fourth-order valence-corrected chi connectivity index (χ4v) is 1.85. The maximum absolute atomic E-state index is 11.7. The summed E-state index contributed by atoms with van der Waals surface area (Å²) in [5, 5.41) is 2.41. The van der Waals surface area contributed by atoms with Gasteiger partial charge in [0.2, 0.25) is 5.91 Å². The molecule has 0 spiro atoms. The van der Waals surface area contributed by atoms with Gasteiger partial charge >= 0.3 is 0 Å². The van der Waals surface area contributed by atoms with Crippen LogP contribution in [0.5, 0.6) is 0 Å². The average molecular weight is 242 g/mol. The van der Waals surface area contributed by atoms with Crippen LogP contribution in [0.1, 0.15) is 0 Å². The molecule has 2 aromatic rings. The Morgan fingerprint density at radius 2 is 1.67 bits per heavy atom.